The number of hydrogen-bond donors (Lipinski definition) is 1. The summed E-state index contributed by atoms with van der Waals surface area (Å²) in [7, 11) is 1.81. The minimum atomic E-state index is -0.324. The number of aryl methyl sites for hydroxylation is 3. The Labute approximate surface area is 115 Å². The van der Waals surface area contributed by atoms with Gasteiger partial charge in [-0.15, -0.1) is 0 Å². The summed E-state index contributed by atoms with van der Waals surface area (Å²) in [6.07, 6.45) is 0.754. The molecule has 0 bridgehead atoms. The van der Waals surface area contributed by atoms with Crippen LogP contribution in [-0.2, 0) is 13.5 Å². The van der Waals surface area contributed by atoms with Crippen LogP contribution in [0.4, 0.5) is 10.3 Å². The van der Waals surface area contributed by atoms with Crippen molar-refractivity contribution in [1.29, 1.82) is 0 Å². The fourth-order valence-electron chi connectivity index (χ4n) is 2.47. The number of nitrogens with zero attached hydrogens (tertiary/aromatic N) is 4. The number of hydrogen-bond acceptors (Lipinski definition) is 3. The van der Waals surface area contributed by atoms with Gasteiger partial charge in [0.25, 0.3) is 0 Å². The lowest BCUT2D eigenvalue weighted by atomic mass is 10.2. The summed E-state index contributed by atoms with van der Waals surface area (Å²) in [6.45, 7) is 3.85. The van der Waals surface area contributed by atoms with Gasteiger partial charge in [0, 0.05) is 7.05 Å². The smallest absolute Gasteiger partial charge is 0.207 e. The third kappa shape index (κ3) is 1.68. The molecule has 104 valence electrons. The first kappa shape index (κ1) is 12.7. The monoisotopic (exact) mass is 273 g/mol. The largest absolute Gasteiger partial charge is 0.369 e. The van der Waals surface area contributed by atoms with Crippen LogP contribution in [0.25, 0.3) is 16.9 Å². The molecule has 0 aliphatic carbocycles. The van der Waals surface area contributed by atoms with Gasteiger partial charge in [0.15, 0.2) is 5.65 Å². The van der Waals surface area contributed by atoms with Crippen molar-refractivity contribution in [2.24, 2.45) is 7.05 Å². The summed E-state index contributed by atoms with van der Waals surface area (Å²) in [4.78, 5) is 4.34. The normalized spacial score (nSPS) is 11.4. The molecule has 3 aromatic rings. The van der Waals surface area contributed by atoms with Crippen molar-refractivity contribution >= 4 is 17.1 Å². The zero-order valence-corrected chi connectivity index (χ0v) is 11.7. The second kappa shape index (κ2) is 4.33. The number of halogens is 1. The molecule has 0 fully saturated rings. The molecule has 20 heavy (non-hydrogen) atoms. The van der Waals surface area contributed by atoms with Gasteiger partial charge in [-0.2, -0.15) is 5.10 Å². The molecular weight excluding hydrogens is 257 g/mol. The third-order valence-electron chi connectivity index (χ3n) is 3.41. The van der Waals surface area contributed by atoms with Crippen molar-refractivity contribution in [2.45, 2.75) is 20.3 Å². The number of aromatic nitrogens is 4. The summed E-state index contributed by atoms with van der Waals surface area (Å²) >= 11 is 0. The summed E-state index contributed by atoms with van der Waals surface area (Å²) in [5.41, 5.74) is 9.53. The van der Waals surface area contributed by atoms with E-state index < -0.39 is 0 Å². The van der Waals surface area contributed by atoms with E-state index in [1.54, 1.807) is 15.3 Å². The Kier molecular flexibility index (Phi) is 2.74. The van der Waals surface area contributed by atoms with Gasteiger partial charge in [-0.05, 0) is 31.0 Å². The van der Waals surface area contributed by atoms with Gasteiger partial charge in [0.1, 0.15) is 11.3 Å². The molecule has 0 saturated heterocycles. The molecule has 3 rings (SSSR count). The van der Waals surface area contributed by atoms with Crippen molar-refractivity contribution < 1.29 is 4.39 Å². The standard InChI is InChI=1S/C14H16FN5/c1-4-10-12-13(19(3)18-10)20(14(16)17-12)11-6-5-8(2)7-9(11)15/h5-7H,4H2,1-3H3,(H2,16,17). The van der Waals surface area contributed by atoms with E-state index in [2.05, 4.69) is 10.1 Å². The predicted octanol–water partition coefficient (Wildman–Crippen LogP) is 2.35. The lowest BCUT2D eigenvalue weighted by molar-refractivity contribution is 0.617. The van der Waals surface area contributed by atoms with Crippen molar-refractivity contribution in [3.8, 4) is 5.69 Å². The van der Waals surface area contributed by atoms with Gasteiger partial charge in [0.2, 0.25) is 5.95 Å². The van der Waals surface area contributed by atoms with Crippen molar-refractivity contribution in [3.63, 3.8) is 0 Å². The molecule has 2 N–H and O–H groups in total. The van der Waals surface area contributed by atoms with E-state index in [4.69, 9.17) is 5.73 Å². The number of nitrogens with two attached hydrogens (primary N) is 1. The molecule has 5 nitrogen and oxygen atoms in total. The zero-order chi connectivity index (χ0) is 14.4. The number of fused-ring (bicyclic) bond motifs is 1. The van der Waals surface area contributed by atoms with Gasteiger partial charge in [-0.1, -0.05) is 13.0 Å². The number of imidazole rings is 1. The van der Waals surface area contributed by atoms with Gasteiger partial charge in [-0.3, -0.25) is 4.57 Å². The van der Waals surface area contributed by atoms with Gasteiger partial charge >= 0.3 is 0 Å². The fraction of sp³-hybridized carbons (Fsp3) is 0.286. The maximum atomic E-state index is 14.2. The van der Waals surface area contributed by atoms with Crippen LogP contribution in [0.15, 0.2) is 18.2 Å². The molecule has 0 saturated carbocycles. The Morgan fingerprint density at radius 2 is 2.10 bits per heavy atom. The SMILES string of the molecule is CCc1nn(C)c2c1nc(N)n2-c1ccc(C)cc1F. The summed E-state index contributed by atoms with van der Waals surface area (Å²) in [6, 6.07) is 5.04. The molecule has 0 aliphatic heterocycles. The highest BCUT2D eigenvalue weighted by atomic mass is 19.1. The van der Waals surface area contributed by atoms with Gasteiger partial charge in [0.05, 0.1) is 11.4 Å². The maximum absolute atomic E-state index is 14.2. The lowest BCUT2D eigenvalue weighted by Crippen LogP contribution is -2.06. The van der Waals surface area contributed by atoms with E-state index in [9.17, 15) is 4.39 Å². The quantitative estimate of drug-likeness (QED) is 0.779. The highest BCUT2D eigenvalue weighted by Crippen LogP contribution is 2.27. The summed E-state index contributed by atoms with van der Waals surface area (Å²) < 4.78 is 17.5. The minimum absolute atomic E-state index is 0.269. The van der Waals surface area contributed by atoms with E-state index in [1.165, 1.54) is 6.07 Å². The molecule has 0 amide bonds. The van der Waals surface area contributed by atoms with Crippen LogP contribution >= 0.6 is 0 Å². The predicted molar refractivity (Wildman–Crippen MR) is 76.3 cm³/mol. The van der Waals surface area contributed by atoms with Crippen LogP contribution in [0.3, 0.4) is 0 Å². The maximum Gasteiger partial charge on any atom is 0.207 e. The Morgan fingerprint density at radius 1 is 1.35 bits per heavy atom. The molecule has 0 spiro atoms. The zero-order valence-electron chi connectivity index (χ0n) is 11.7. The molecule has 0 atom stereocenters. The number of nitrogen functional groups attached to an aromatic ring is 1. The number of benzene rings is 1. The average Bonchev–Trinajstić information content (AvgIpc) is 2.87. The molecule has 6 heteroatoms. The summed E-state index contributed by atoms with van der Waals surface area (Å²) in [5.74, 6) is -0.0549. The second-order valence-electron chi connectivity index (χ2n) is 4.86. The Balaban J connectivity index is 2.36. The lowest BCUT2D eigenvalue weighted by Gasteiger charge is -2.08. The van der Waals surface area contributed by atoms with E-state index in [0.29, 0.717) is 11.3 Å². The first-order valence-electron chi connectivity index (χ1n) is 6.49. The number of anilines is 1. The van der Waals surface area contributed by atoms with E-state index in [-0.39, 0.29) is 11.8 Å². The van der Waals surface area contributed by atoms with Gasteiger partial charge in [-0.25, -0.2) is 14.1 Å². The molecule has 2 heterocycles. The first-order chi connectivity index (χ1) is 9.52. The molecule has 0 radical (unpaired) electrons. The molecule has 0 unspecified atom stereocenters. The highest BCUT2D eigenvalue weighted by molar-refractivity contribution is 5.80. The van der Waals surface area contributed by atoms with Crippen molar-refractivity contribution in [1.82, 2.24) is 19.3 Å². The molecule has 1 aromatic carbocycles. The van der Waals surface area contributed by atoms with Crippen molar-refractivity contribution in [2.75, 3.05) is 5.73 Å². The van der Waals surface area contributed by atoms with Crippen molar-refractivity contribution in [3.05, 3.63) is 35.3 Å². The topological polar surface area (TPSA) is 61.7 Å². The van der Waals surface area contributed by atoms with Crippen LogP contribution in [0.1, 0.15) is 18.2 Å². The van der Waals surface area contributed by atoms with Crippen LogP contribution in [0.2, 0.25) is 0 Å². The summed E-state index contributed by atoms with van der Waals surface area (Å²) in [5, 5.41) is 4.40. The molecule has 0 aliphatic rings. The third-order valence-corrected chi connectivity index (χ3v) is 3.41. The molecule has 2 aromatic heterocycles. The minimum Gasteiger partial charge on any atom is -0.369 e. The Bertz CT molecular complexity index is 800. The van der Waals surface area contributed by atoms with Crippen LogP contribution in [-0.4, -0.2) is 19.3 Å². The second-order valence-corrected chi connectivity index (χ2v) is 4.86. The Morgan fingerprint density at radius 3 is 2.75 bits per heavy atom. The first-order valence-corrected chi connectivity index (χ1v) is 6.49. The van der Waals surface area contributed by atoms with E-state index in [1.807, 2.05) is 27.0 Å². The Hall–Kier alpha value is -2.37. The van der Waals surface area contributed by atoms with Crippen LogP contribution in [0.5, 0.6) is 0 Å². The number of rotatable bonds is 2. The van der Waals surface area contributed by atoms with E-state index in [0.717, 1.165) is 23.2 Å². The van der Waals surface area contributed by atoms with Gasteiger partial charge < -0.3 is 5.73 Å². The van der Waals surface area contributed by atoms with Crippen LogP contribution < -0.4 is 5.73 Å². The average molecular weight is 273 g/mol. The molecular formula is C14H16FN5. The van der Waals surface area contributed by atoms with Crippen LogP contribution in [0, 0.1) is 12.7 Å². The highest BCUT2D eigenvalue weighted by Gasteiger charge is 2.19. The fourth-order valence-corrected chi connectivity index (χ4v) is 2.47. The van der Waals surface area contributed by atoms with E-state index >= 15 is 0 Å².